The van der Waals surface area contributed by atoms with Gasteiger partial charge in [0.15, 0.2) is 0 Å². The average molecular weight is 381 g/mol. The highest BCUT2D eigenvalue weighted by atomic mass is 32.2. The van der Waals surface area contributed by atoms with Crippen LogP contribution in [-0.2, 0) is 14.3 Å². The third-order valence-electron chi connectivity index (χ3n) is 3.88. The molecule has 1 aromatic carbocycles. The Balaban J connectivity index is 2.18. The highest BCUT2D eigenvalue weighted by Crippen LogP contribution is 2.42. The Kier molecular flexibility index (Phi) is 6.81. The predicted octanol–water partition coefficient (Wildman–Crippen LogP) is 3.40. The minimum absolute atomic E-state index is 0.0372. The Bertz CT molecular complexity index is 656. The van der Waals surface area contributed by atoms with Crippen LogP contribution in [0.5, 0.6) is 11.5 Å². The van der Waals surface area contributed by atoms with Crippen LogP contribution in [-0.4, -0.2) is 48.9 Å². The molecule has 0 saturated carbocycles. The molecule has 6 nitrogen and oxygen atoms in total. The number of ether oxygens (including phenoxy) is 3. The second-order valence-corrected chi connectivity index (χ2v) is 8.19. The van der Waals surface area contributed by atoms with Gasteiger partial charge in [0.25, 0.3) is 0 Å². The summed E-state index contributed by atoms with van der Waals surface area (Å²) in [7, 11) is 3.19. The van der Waals surface area contributed by atoms with E-state index < -0.39 is 5.60 Å². The lowest BCUT2D eigenvalue weighted by Crippen LogP contribution is -2.39. The number of nitrogens with zero attached hydrogens (tertiary/aromatic N) is 1. The molecule has 1 fully saturated rings. The molecule has 1 atom stereocenters. The molecule has 1 heterocycles. The molecule has 1 unspecified atom stereocenters. The van der Waals surface area contributed by atoms with E-state index in [2.05, 4.69) is 0 Å². The Morgan fingerprint density at radius 3 is 2.62 bits per heavy atom. The molecule has 0 spiro atoms. The van der Waals surface area contributed by atoms with E-state index in [0.29, 0.717) is 24.5 Å². The fraction of sp³-hybridized carbons (Fsp3) is 0.579. The van der Waals surface area contributed by atoms with Crippen molar-refractivity contribution in [3.8, 4) is 11.5 Å². The van der Waals surface area contributed by atoms with E-state index in [-0.39, 0.29) is 23.7 Å². The van der Waals surface area contributed by atoms with Crippen molar-refractivity contribution < 1.29 is 23.8 Å². The Morgan fingerprint density at radius 2 is 2.00 bits per heavy atom. The van der Waals surface area contributed by atoms with Crippen LogP contribution in [0.3, 0.4) is 0 Å². The van der Waals surface area contributed by atoms with Crippen molar-refractivity contribution in [2.45, 2.75) is 44.6 Å². The van der Waals surface area contributed by atoms with Crippen LogP contribution in [0.4, 0.5) is 0 Å². The number of thioether (sulfide) groups is 1. The molecule has 0 bridgehead atoms. The molecule has 0 N–H and O–H groups in total. The van der Waals surface area contributed by atoms with Crippen LogP contribution in [0.25, 0.3) is 0 Å². The molecule has 0 radical (unpaired) electrons. The van der Waals surface area contributed by atoms with E-state index in [1.807, 2.05) is 32.9 Å². The number of hydrogen-bond donors (Lipinski definition) is 0. The highest BCUT2D eigenvalue weighted by Gasteiger charge is 2.32. The molecule has 1 aromatic rings. The van der Waals surface area contributed by atoms with Crippen molar-refractivity contribution in [2.24, 2.45) is 0 Å². The van der Waals surface area contributed by atoms with Gasteiger partial charge in [0.2, 0.25) is 5.91 Å². The van der Waals surface area contributed by atoms with Gasteiger partial charge in [0.05, 0.1) is 20.6 Å². The molecule has 144 valence electrons. The van der Waals surface area contributed by atoms with Gasteiger partial charge < -0.3 is 19.1 Å². The summed E-state index contributed by atoms with van der Waals surface area (Å²) in [5, 5.41) is -0.195. The molecule has 1 saturated heterocycles. The number of esters is 1. The van der Waals surface area contributed by atoms with Crippen LogP contribution in [0.15, 0.2) is 18.2 Å². The molecule has 0 aromatic heterocycles. The molecule has 0 aliphatic carbocycles. The lowest BCUT2D eigenvalue weighted by molar-refractivity contribution is -0.155. The van der Waals surface area contributed by atoms with Crippen molar-refractivity contribution >= 4 is 23.6 Å². The fourth-order valence-corrected chi connectivity index (χ4v) is 4.04. The van der Waals surface area contributed by atoms with E-state index in [4.69, 9.17) is 14.2 Å². The van der Waals surface area contributed by atoms with E-state index in [1.54, 1.807) is 36.9 Å². The molecule has 26 heavy (non-hydrogen) atoms. The Hall–Kier alpha value is -1.89. The van der Waals surface area contributed by atoms with Gasteiger partial charge in [-0.1, -0.05) is 0 Å². The summed E-state index contributed by atoms with van der Waals surface area (Å²) >= 11 is 1.67. The maximum atomic E-state index is 12.5. The number of carbonyl (C=O) groups excluding carboxylic acids is 2. The zero-order valence-electron chi connectivity index (χ0n) is 16.0. The van der Waals surface area contributed by atoms with E-state index in [0.717, 1.165) is 11.3 Å². The first-order valence-electron chi connectivity index (χ1n) is 8.60. The largest absolute Gasteiger partial charge is 0.497 e. The number of amides is 1. The van der Waals surface area contributed by atoms with Crippen LogP contribution >= 0.6 is 11.8 Å². The Labute approximate surface area is 159 Å². The lowest BCUT2D eigenvalue weighted by Gasteiger charge is -2.36. The maximum absolute atomic E-state index is 12.5. The number of rotatable bonds is 6. The summed E-state index contributed by atoms with van der Waals surface area (Å²) in [5.74, 6) is 1.83. The minimum atomic E-state index is -0.531. The summed E-state index contributed by atoms with van der Waals surface area (Å²) in [6.07, 6.45) is 0.631. The molecule has 7 heteroatoms. The number of carbonyl (C=O) groups is 2. The minimum Gasteiger partial charge on any atom is -0.497 e. The first-order valence-corrected chi connectivity index (χ1v) is 9.65. The van der Waals surface area contributed by atoms with Crippen LogP contribution in [0, 0.1) is 0 Å². The smallest absolute Gasteiger partial charge is 0.308 e. The summed E-state index contributed by atoms with van der Waals surface area (Å²) in [4.78, 5) is 26.3. The van der Waals surface area contributed by atoms with Crippen molar-refractivity contribution in [3.05, 3.63) is 23.8 Å². The molecular weight excluding hydrogens is 354 g/mol. The lowest BCUT2D eigenvalue weighted by atomic mass is 10.1. The average Bonchev–Trinajstić information content (AvgIpc) is 2.58. The van der Waals surface area contributed by atoms with Gasteiger partial charge in [0, 0.05) is 30.3 Å². The van der Waals surface area contributed by atoms with E-state index >= 15 is 0 Å². The van der Waals surface area contributed by atoms with Crippen LogP contribution in [0.2, 0.25) is 0 Å². The maximum Gasteiger partial charge on any atom is 0.308 e. The summed E-state index contributed by atoms with van der Waals surface area (Å²) in [5.41, 5.74) is 0.367. The topological polar surface area (TPSA) is 65.1 Å². The summed E-state index contributed by atoms with van der Waals surface area (Å²) < 4.78 is 16.1. The molecule has 1 aliphatic rings. The van der Waals surface area contributed by atoms with Crippen molar-refractivity contribution in [3.63, 3.8) is 0 Å². The first-order chi connectivity index (χ1) is 12.2. The molecule has 1 aliphatic heterocycles. The second kappa shape index (κ2) is 8.66. The van der Waals surface area contributed by atoms with Gasteiger partial charge in [-0.3, -0.25) is 9.59 Å². The van der Waals surface area contributed by atoms with Crippen molar-refractivity contribution in [1.82, 2.24) is 4.90 Å². The van der Waals surface area contributed by atoms with Gasteiger partial charge in [-0.15, -0.1) is 11.8 Å². The predicted molar refractivity (Wildman–Crippen MR) is 102 cm³/mol. The molecule has 1 amide bonds. The van der Waals surface area contributed by atoms with Gasteiger partial charge in [-0.05, 0) is 32.9 Å². The zero-order valence-corrected chi connectivity index (χ0v) is 16.9. The Morgan fingerprint density at radius 1 is 1.27 bits per heavy atom. The van der Waals surface area contributed by atoms with Gasteiger partial charge >= 0.3 is 5.97 Å². The summed E-state index contributed by atoms with van der Waals surface area (Å²) in [6, 6.07) is 5.57. The third-order valence-corrected chi connectivity index (χ3v) is 5.14. The standard InChI is InChI=1S/C19H27NO5S/c1-19(2,3)25-17(22)8-10-20-16(21)9-11-26-18(20)14-7-6-13(23-4)12-15(14)24-5/h6-7,12,18H,8-11H2,1-5H3. The highest BCUT2D eigenvalue weighted by molar-refractivity contribution is 7.99. The first kappa shape index (κ1) is 20.4. The van der Waals surface area contributed by atoms with Gasteiger partial charge in [-0.2, -0.15) is 0 Å². The van der Waals surface area contributed by atoms with E-state index in [1.165, 1.54) is 0 Å². The monoisotopic (exact) mass is 381 g/mol. The molecular formula is C19H27NO5S. The quantitative estimate of drug-likeness (QED) is 0.704. The van der Waals surface area contributed by atoms with Gasteiger partial charge in [-0.25, -0.2) is 0 Å². The fourth-order valence-electron chi connectivity index (χ4n) is 2.75. The number of hydrogen-bond acceptors (Lipinski definition) is 6. The second-order valence-electron chi connectivity index (χ2n) is 7.00. The van der Waals surface area contributed by atoms with Gasteiger partial charge in [0.1, 0.15) is 22.5 Å². The van der Waals surface area contributed by atoms with Crippen LogP contribution in [0.1, 0.15) is 44.6 Å². The number of benzene rings is 1. The normalized spacial score (nSPS) is 17.8. The SMILES string of the molecule is COc1ccc(C2SCCC(=O)N2CCC(=O)OC(C)(C)C)c(OC)c1. The van der Waals surface area contributed by atoms with E-state index in [9.17, 15) is 9.59 Å². The van der Waals surface area contributed by atoms with Crippen molar-refractivity contribution in [1.29, 1.82) is 0 Å². The third kappa shape index (κ3) is 5.30. The van der Waals surface area contributed by atoms with Crippen molar-refractivity contribution in [2.75, 3.05) is 26.5 Å². The molecule has 2 rings (SSSR count). The zero-order chi connectivity index (χ0) is 19.3. The number of methoxy groups -OCH3 is 2. The van der Waals surface area contributed by atoms with Crippen LogP contribution < -0.4 is 9.47 Å². The summed E-state index contributed by atoms with van der Waals surface area (Å²) in [6.45, 7) is 5.81.